The predicted octanol–water partition coefficient (Wildman–Crippen LogP) is 1.96. The molecule has 0 bridgehead atoms. The number of amides is 4. The van der Waals surface area contributed by atoms with Gasteiger partial charge in [0.1, 0.15) is 11.3 Å². The summed E-state index contributed by atoms with van der Waals surface area (Å²) in [7, 11) is -1.59. The van der Waals surface area contributed by atoms with Gasteiger partial charge in [-0.1, -0.05) is 18.9 Å². The van der Waals surface area contributed by atoms with Crippen molar-refractivity contribution in [3.8, 4) is 5.75 Å². The third-order valence-corrected chi connectivity index (χ3v) is 7.15. The van der Waals surface area contributed by atoms with E-state index in [9.17, 15) is 22.8 Å². The van der Waals surface area contributed by atoms with Crippen LogP contribution in [0.4, 0.5) is 4.79 Å². The van der Waals surface area contributed by atoms with Crippen LogP contribution in [0.15, 0.2) is 29.2 Å². The molecule has 1 aliphatic carbocycles. The second kappa shape index (κ2) is 9.89. The molecule has 32 heavy (non-hydrogen) atoms. The summed E-state index contributed by atoms with van der Waals surface area (Å²) >= 11 is 0. The first kappa shape index (κ1) is 24.0. The van der Waals surface area contributed by atoms with E-state index >= 15 is 0 Å². The fourth-order valence-electron chi connectivity index (χ4n) is 4.19. The molecule has 4 amide bonds. The van der Waals surface area contributed by atoms with Crippen molar-refractivity contribution in [2.45, 2.75) is 55.4 Å². The fourth-order valence-corrected chi connectivity index (χ4v) is 4.84. The standard InChI is InChI=1S/C22H31N3O6S/c1-24(13-7-15-31-17-8-5-9-18(16-17)32(2,29)30)19(26)10-6-14-25-20(27)22(23-21(25)28)11-3-4-12-22/h5,8-9,16H,3-4,6-7,10-15H2,1-2H3,(H,23,28). The molecule has 1 aliphatic heterocycles. The Morgan fingerprint density at radius 1 is 1.22 bits per heavy atom. The molecule has 0 radical (unpaired) electrons. The lowest BCUT2D eigenvalue weighted by molar-refractivity contribution is -0.133. The Kier molecular flexibility index (Phi) is 7.43. The number of hydrogen-bond donors (Lipinski definition) is 1. The minimum absolute atomic E-state index is 0.0632. The number of carbonyl (C=O) groups is 3. The predicted molar refractivity (Wildman–Crippen MR) is 118 cm³/mol. The number of sulfone groups is 1. The largest absolute Gasteiger partial charge is 0.493 e. The average molecular weight is 466 g/mol. The summed E-state index contributed by atoms with van der Waals surface area (Å²) in [6, 6.07) is 5.96. The molecular weight excluding hydrogens is 434 g/mol. The normalized spacial score (nSPS) is 17.6. The van der Waals surface area contributed by atoms with Gasteiger partial charge in [-0.15, -0.1) is 0 Å². The van der Waals surface area contributed by atoms with E-state index in [1.165, 1.54) is 17.0 Å². The summed E-state index contributed by atoms with van der Waals surface area (Å²) in [4.78, 5) is 40.2. The van der Waals surface area contributed by atoms with Gasteiger partial charge < -0.3 is 15.0 Å². The summed E-state index contributed by atoms with van der Waals surface area (Å²) in [6.07, 6.45) is 5.66. The number of rotatable bonds is 10. The van der Waals surface area contributed by atoms with Crippen molar-refractivity contribution in [1.29, 1.82) is 0 Å². The number of benzene rings is 1. The Morgan fingerprint density at radius 3 is 2.62 bits per heavy atom. The van der Waals surface area contributed by atoms with E-state index in [0.717, 1.165) is 19.1 Å². The lowest BCUT2D eigenvalue weighted by Crippen LogP contribution is -2.44. The van der Waals surface area contributed by atoms with E-state index in [2.05, 4.69) is 5.32 Å². The van der Waals surface area contributed by atoms with Crippen molar-refractivity contribution < 1.29 is 27.5 Å². The van der Waals surface area contributed by atoms with Gasteiger partial charge in [0.2, 0.25) is 5.91 Å². The van der Waals surface area contributed by atoms with Crippen LogP contribution < -0.4 is 10.1 Å². The van der Waals surface area contributed by atoms with Crippen LogP contribution in [0.25, 0.3) is 0 Å². The quantitative estimate of drug-likeness (QED) is 0.417. The Balaban J connectivity index is 1.36. The highest BCUT2D eigenvalue weighted by atomic mass is 32.2. The monoisotopic (exact) mass is 465 g/mol. The third kappa shape index (κ3) is 5.59. The van der Waals surface area contributed by atoms with E-state index < -0.39 is 15.4 Å². The molecule has 0 aromatic heterocycles. The zero-order valence-electron chi connectivity index (χ0n) is 18.6. The molecule has 3 rings (SSSR count). The van der Waals surface area contributed by atoms with Crippen molar-refractivity contribution in [3.63, 3.8) is 0 Å². The lowest BCUT2D eigenvalue weighted by atomic mass is 9.98. The molecule has 1 aromatic rings. The first-order chi connectivity index (χ1) is 15.1. The zero-order valence-corrected chi connectivity index (χ0v) is 19.4. The molecule has 9 nitrogen and oxygen atoms in total. The molecular formula is C22H31N3O6S. The average Bonchev–Trinajstić information content (AvgIpc) is 3.30. The maximum absolute atomic E-state index is 12.6. The maximum atomic E-state index is 12.6. The minimum Gasteiger partial charge on any atom is -0.493 e. The summed E-state index contributed by atoms with van der Waals surface area (Å²) in [5.74, 6) is 0.250. The maximum Gasteiger partial charge on any atom is 0.325 e. The van der Waals surface area contributed by atoms with Crippen LogP contribution in [0, 0.1) is 0 Å². The molecule has 10 heteroatoms. The second-order valence-corrected chi connectivity index (χ2v) is 10.6. The molecule has 1 spiro atoms. The Bertz CT molecular complexity index is 972. The number of nitrogens with zero attached hydrogens (tertiary/aromatic N) is 2. The van der Waals surface area contributed by atoms with Gasteiger partial charge in [0, 0.05) is 32.8 Å². The molecule has 1 aromatic carbocycles. The van der Waals surface area contributed by atoms with E-state index in [0.29, 0.717) is 44.6 Å². The summed E-state index contributed by atoms with van der Waals surface area (Å²) < 4.78 is 28.8. The van der Waals surface area contributed by atoms with Gasteiger partial charge in [0.25, 0.3) is 5.91 Å². The van der Waals surface area contributed by atoms with Crippen LogP contribution in [-0.4, -0.2) is 74.6 Å². The van der Waals surface area contributed by atoms with Gasteiger partial charge >= 0.3 is 6.03 Å². The van der Waals surface area contributed by atoms with E-state index in [4.69, 9.17) is 4.74 Å². The third-order valence-electron chi connectivity index (χ3n) is 6.04. The zero-order chi connectivity index (χ0) is 23.4. The Hall–Kier alpha value is -2.62. The topological polar surface area (TPSA) is 113 Å². The summed E-state index contributed by atoms with van der Waals surface area (Å²) in [6.45, 7) is 1.07. The van der Waals surface area contributed by atoms with Gasteiger partial charge in [-0.25, -0.2) is 13.2 Å². The van der Waals surface area contributed by atoms with Gasteiger partial charge in [0.05, 0.1) is 11.5 Å². The summed E-state index contributed by atoms with van der Waals surface area (Å²) in [5, 5.41) is 2.84. The molecule has 0 unspecified atom stereocenters. The number of carbonyl (C=O) groups excluding carboxylic acids is 3. The Labute approximate surface area is 189 Å². The van der Waals surface area contributed by atoms with Gasteiger partial charge in [-0.3, -0.25) is 14.5 Å². The van der Waals surface area contributed by atoms with Crippen LogP contribution in [0.3, 0.4) is 0 Å². The minimum atomic E-state index is -3.29. The molecule has 1 heterocycles. The van der Waals surface area contributed by atoms with Crippen LogP contribution in [0.5, 0.6) is 5.75 Å². The molecule has 0 atom stereocenters. The molecule has 1 saturated carbocycles. The van der Waals surface area contributed by atoms with Crippen LogP contribution >= 0.6 is 0 Å². The van der Waals surface area contributed by atoms with Crippen molar-refractivity contribution in [3.05, 3.63) is 24.3 Å². The fraction of sp³-hybridized carbons (Fsp3) is 0.591. The number of ether oxygens (including phenoxy) is 1. The second-order valence-electron chi connectivity index (χ2n) is 8.54. The number of hydrogen-bond acceptors (Lipinski definition) is 6. The van der Waals surface area contributed by atoms with Crippen LogP contribution in [0.1, 0.15) is 44.9 Å². The first-order valence-electron chi connectivity index (χ1n) is 10.9. The number of urea groups is 1. The van der Waals surface area contributed by atoms with E-state index in [-0.39, 0.29) is 35.7 Å². The molecule has 1 N–H and O–H groups in total. The number of nitrogens with one attached hydrogen (secondary N) is 1. The first-order valence-corrected chi connectivity index (χ1v) is 12.8. The van der Waals surface area contributed by atoms with Crippen LogP contribution in [0.2, 0.25) is 0 Å². The van der Waals surface area contributed by atoms with Crippen molar-refractivity contribution in [2.24, 2.45) is 0 Å². The van der Waals surface area contributed by atoms with Crippen molar-refractivity contribution in [1.82, 2.24) is 15.1 Å². The van der Waals surface area contributed by atoms with Crippen molar-refractivity contribution >= 4 is 27.7 Å². The Morgan fingerprint density at radius 2 is 1.94 bits per heavy atom. The number of imide groups is 1. The van der Waals surface area contributed by atoms with Gasteiger partial charge in [0.15, 0.2) is 9.84 Å². The van der Waals surface area contributed by atoms with Crippen molar-refractivity contribution in [2.75, 3.05) is 33.0 Å². The molecule has 2 fully saturated rings. The lowest BCUT2D eigenvalue weighted by Gasteiger charge is -2.20. The van der Waals surface area contributed by atoms with E-state index in [1.807, 2.05) is 0 Å². The smallest absolute Gasteiger partial charge is 0.325 e. The van der Waals surface area contributed by atoms with Crippen LogP contribution in [-0.2, 0) is 19.4 Å². The highest BCUT2D eigenvalue weighted by molar-refractivity contribution is 7.90. The summed E-state index contributed by atoms with van der Waals surface area (Å²) in [5.41, 5.74) is -0.710. The molecule has 1 saturated heterocycles. The highest BCUT2D eigenvalue weighted by Gasteiger charge is 2.52. The van der Waals surface area contributed by atoms with Gasteiger partial charge in [-0.05, 0) is 43.9 Å². The SMILES string of the molecule is CN(CCCOc1cccc(S(C)(=O)=O)c1)C(=O)CCCN1C(=O)NC2(CCCC2)C1=O. The molecule has 176 valence electrons. The van der Waals surface area contributed by atoms with E-state index in [1.54, 1.807) is 24.1 Å². The van der Waals surface area contributed by atoms with Gasteiger partial charge in [-0.2, -0.15) is 0 Å². The molecule has 2 aliphatic rings. The highest BCUT2D eigenvalue weighted by Crippen LogP contribution is 2.35.